The molecule has 0 radical (unpaired) electrons. The summed E-state index contributed by atoms with van der Waals surface area (Å²) in [7, 11) is 0. The van der Waals surface area contributed by atoms with Crippen LogP contribution in [0.25, 0.3) is 0 Å². The molecule has 0 aromatic heterocycles. The maximum absolute atomic E-state index is 13.2. The highest BCUT2D eigenvalue weighted by Gasteiger charge is 2.30. The summed E-state index contributed by atoms with van der Waals surface area (Å²) in [6, 6.07) is 17.6. The van der Waals surface area contributed by atoms with E-state index in [1.165, 1.54) is 5.56 Å². The van der Waals surface area contributed by atoms with E-state index in [4.69, 9.17) is 4.74 Å². The summed E-state index contributed by atoms with van der Waals surface area (Å²) in [5.74, 6) is 0.779. The highest BCUT2D eigenvalue weighted by Crippen LogP contribution is 2.20. The standard InChI is InChI=1S/C27H36N2O3/c1-3-25(27(31)28-23-12-7-8-13-23)29(20-22-10-5-4-6-11-22)26(30)14-9-19-32-24-17-15-21(2)16-18-24/h4-6,10-11,15-18,23,25H,3,7-9,12-14,19-20H2,1-2H3,(H,28,31)/t25-/m1/s1. The second-order valence-electron chi connectivity index (χ2n) is 8.69. The quantitative estimate of drug-likeness (QED) is 0.503. The average Bonchev–Trinajstić information content (AvgIpc) is 3.31. The van der Waals surface area contributed by atoms with Gasteiger partial charge in [0.25, 0.3) is 0 Å². The summed E-state index contributed by atoms with van der Waals surface area (Å²) in [5, 5.41) is 3.19. The number of rotatable bonds is 11. The first-order valence-electron chi connectivity index (χ1n) is 11.9. The van der Waals surface area contributed by atoms with E-state index in [1.54, 1.807) is 4.90 Å². The number of hydrogen-bond acceptors (Lipinski definition) is 3. The van der Waals surface area contributed by atoms with Crippen LogP contribution < -0.4 is 10.1 Å². The van der Waals surface area contributed by atoms with E-state index in [1.807, 2.05) is 68.4 Å². The van der Waals surface area contributed by atoms with Crippen molar-refractivity contribution in [2.45, 2.75) is 77.4 Å². The van der Waals surface area contributed by atoms with Gasteiger partial charge in [-0.05, 0) is 50.3 Å². The molecule has 0 saturated heterocycles. The lowest BCUT2D eigenvalue weighted by atomic mass is 10.1. The molecule has 172 valence electrons. The number of hydrogen-bond donors (Lipinski definition) is 1. The molecule has 1 saturated carbocycles. The SMILES string of the molecule is CC[C@H](C(=O)NC1CCCC1)N(Cc1ccccc1)C(=O)CCCOc1ccc(C)cc1. The molecule has 32 heavy (non-hydrogen) atoms. The molecule has 0 spiro atoms. The number of carbonyl (C=O) groups is 2. The molecule has 1 N–H and O–H groups in total. The zero-order chi connectivity index (χ0) is 22.8. The van der Waals surface area contributed by atoms with Gasteiger partial charge in [0.05, 0.1) is 6.61 Å². The number of aryl methyl sites for hydroxylation is 1. The zero-order valence-electron chi connectivity index (χ0n) is 19.4. The maximum Gasteiger partial charge on any atom is 0.243 e. The topological polar surface area (TPSA) is 58.6 Å². The number of ether oxygens (including phenoxy) is 1. The van der Waals surface area contributed by atoms with Crippen LogP contribution in [0.3, 0.4) is 0 Å². The summed E-state index contributed by atoms with van der Waals surface area (Å²) in [4.78, 5) is 28.1. The Hall–Kier alpha value is -2.82. The second-order valence-corrected chi connectivity index (χ2v) is 8.69. The Labute approximate surface area is 192 Å². The van der Waals surface area contributed by atoms with Crippen molar-refractivity contribution in [1.82, 2.24) is 10.2 Å². The van der Waals surface area contributed by atoms with Crippen molar-refractivity contribution < 1.29 is 14.3 Å². The summed E-state index contributed by atoms with van der Waals surface area (Å²) < 4.78 is 5.78. The summed E-state index contributed by atoms with van der Waals surface area (Å²) >= 11 is 0. The van der Waals surface area contributed by atoms with Crippen LogP contribution in [0, 0.1) is 6.92 Å². The molecule has 2 aromatic carbocycles. The first-order chi connectivity index (χ1) is 15.6. The molecule has 1 fully saturated rings. The van der Waals surface area contributed by atoms with Gasteiger partial charge in [0.1, 0.15) is 11.8 Å². The van der Waals surface area contributed by atoms with Gasteiger partial charge in [0, 0.05) is 19.0 Å². The molecule has 0 aliphatic heterocycles. The van der Waals surface area contributed by atoms with E-state index in [-0.39, 0.29) is 17.9 Å². The third kappa shape index (κ3) is 7.11. The first kappa shape index (κ1) is 23.8. The molecule has 5 heteroatoms. The monoisotopic (exact) mass is 436 g/mol. The second kappa shape index (κ2) is 12.3. The van der Waals surface area contributed by atoms with Crippen molar-refractivity contribution in [2.24, 2.45) is 0 Å². The Kier molecular flexibility index (Phi) is 9.14. The molecular formula is C27H36N2O3. The van der Waals surface area contributed by atoms with Crippen molar-refractivity contribution in [2.75, 3.05) is 6.61 Å². The number of amides is 2. The molecule has 0 bridgehead atoms. The van der Waals surface area contributed by atoms with Gasteiger partial charge in [0.2, 0.25) is 11.8 Å². The van der Waals surface area contributed by atoms with Gasteiger partial charge < -0.3 is 15.0 Å². The highest BCUT2D eigenvalue weighted by molar-refractivity contribution is 5.87. The van der Waals surface area contributed by atoms with Crippen molar-refractivity contribution in [1.29, 1.82) is 0 Å². The van der Waals surface area contributed by atoms with Gasteiger partial charge in [-0.15, -0.1) is 0 Å². The summed E-state index contributed by atoms with van der Waals surface area (Å²) in [5.41, 5.74) is 2.22. The van der Waals surface area contributed by atoms with E-state index in [0.717, 1.165) is 37.0 Å². The predicted molar refractivity (Wildman–Crippen MR) is 127 cm³/mol. The molecule has 0 unspecified atom stereocenters. The van der Waals surface area contributed by atoms with Crippen LogP contribution in [0.15, 0.2) is 54.6 Å². The van der Waals surface area contributed by atoms with Crippen LogP contribution in [-0.4, -0.2) is 35.4 Å². The Bertz CT molecular complexity index is 845. The van der Waals surface area contributed by atoms with Crippen molar-refractivity contribution in [3.63, 3.8) is 0 Å². The zero-order valence-corrected chi connectivity index (χ0v) is 19.4. The fraction of sp³-hybridized carbons (Fsp3) is 0.481. The maximum atomic E-state index is 13.2. The first-order valence-corrected chi connectivity index (χ1v) is 11.9. The molecule has 3 rings (SSSR count). The average molecular weight is 437 g/mol. The van der Waals surface area contributed by atoms with E-state index < -0.39 is 6.04 Å². The number of benzene rings is 2. The van der Waals surface area contributed by atoms with Crippen molar-refractivity contribution in [3.05, 3.63) is 65.7 Å². The van der Waals surface area contributed by atoms with Crippen LogP contribution in [0.2, 0.25) is 0 Å². The lowest BCUT2D eigenvalue weighted by Gasteiger charge is -2.31. The minimum absolute atomic E-state index is 0.00483. The molecule has 5 nitrogen and oxygen atoms in total. The van der Waals surface area contributed by atoms with Gasteiger partial charge in [-0.1, -0.05) is 67.8 Å². The minimum Gasteiger partial charge on any atom is -0.494 e. The Balaban J connectivity index is 1.61. The summed E-state index contributed by atoms with van der Waals surface area (Å²) in [6.45, 7) is 4.93. The Morgan fingerprint density at radius 3 is 2.41 bits per heavy atom. The third-order valence-corrected chi connectivity index (χ3v) is 6.11. The molecule has 1 atom stereocenters. The number of nitrogens with one attached hydrogen (secondary N) is 1. The molecule has 0 heterocycles. The van der Waals surface area contributed by atoms with Crippen LogP contribution in [0.4, 0.5) is 0 Å². The van der Waals surface area contributed by atoms with Crippen LogP contribution in [0.5, 0.6) is 5.75 Å². The van der Waals surface area contributed by atoms with Crippen molar-refractivity contribution >= 4 is 11.8 Å². The molecule has 1 aliphatic rings. The Morgan fingerprint density at radius 2 is 1.75 bits per heavy atom. The fourth-order valence-corrected chi connectivity index (χ4v) is 4.26. The number of nitrogens with zero attached hydrogens (tertiary/aromatic N) is 1. The normalized spacial score (nSPS) is 14.7. The smallest absolute Gasteiger partial charge is 0.243 e. The van der Waals surface area contributed by atoms with Gasteiger partial charge in [-0.3, -0.25) is 9.59 Å². The number of carbonyl (C=O) groups excluding carboxylic acids is 2. The fourth-order valence-electron chi connectivity index (χ4n) is 4.26. The van der Waals surface area contributed by atoms with E-state index >= 15 is 0 Å². The Morgan fingerprint density at radius 1 is 1.06 bits per heavy atom. The van der Waals surface area contributed by atoms with E-state index in [2.05, 4.69) is 5.32 Å². The van der Waals surface area contributed by atoms with E-state index in [9.17, 15) is 9.59 Å². The lowest BCUT2D eigenvalue weighted by molar-refractivity contribution is -0.141. The third-order valence-electron chi connectivity index (χ3n) is 6.11. The molecule has 2 amide bonds. The van der Waals surface area contributed by atoms with Gasteiger partial charge in [-0.25, -0.2) is 0 Å². The van der Waals surface area contributed by atoms with E-state index in [0.29, 0.717) is 32.4 Å². The molecule has 1 aliphatic carbocycles. The largest absolute Gasteiger partial charge is 0.494 e. The van der Waals surface area contributed by atoms with Crippen molar-refractivity contribution in [3.8, 4) is 5.75 Å². The summed E-state index contributed by atoms with van der Waals surface area (Å²) in [6.07, 6.45) is 5.95. The molecule has 2 aromatic rings. The van der Waals surface area contributed by atoms with Gasteiger partial charge >= 0.3 is 0 Å². The lowest BCUT2D eigenvalue weighted by Crippen LogP contribution is -2.50. The van der Waals surface area contributed by atoms with Gasteiger partial charge in [0.15, 0.2) is 0 Å². The highest BCUT2D eigenvalue weighted by atomic mass is 16.5. The van der Waals surface area contributed by atoms with Gasteiger partial charge in [-0.2, -0.15) is 0 Å². The minimum atomic E-state index is -0.457. The molecular weight excluding hydrogens is 400 g/mol. The predicted octanol–water partition coefficient (Wildman–Crippen LogP) is 5.02. The van der Waals surface area contributed by atoms with Crippen LogP contribution in [0.1, 0.15) is 63.0 Å². The van der Waals surface area contributed by atoms with Crippen LogP contribution >= 0.6 is 0 Å². The van der Waals surface area contributed by atoms with Crippen LogP contribution in [-0.2, 0) is 16.1 Å².